The fourth-order valence-corrected chi connectivity index (χ4v) is 2.73. The molecule has 0 unspecified atom stereocenters. The number of urea groups is 1. The normalized spacial score (nSPS) is 19.1. The van der Waals surface area contributed by atoms with Gasteiger partial charge in [-0.1, -0.05) is 12.1 Å². The molecule has 28 heavy (non-hydrogen) atoms. The molecule has 0 aliphatic carbocycles. The van der Waals surface area contributed by atoms with Crippen LogP contribution in [0.3, 0.4) is 0 Å². The molecule has 144 valence electrons. The summed E-state index contributed by atoms with van der Waals surface area (Å²) in [5.41, 5.74) is -1.08. The van der Waals surface area contributed by atoms with Crippen LogP contribution in [0.15, 0.2) is 47.6 Å². The van der Waals surface area contributed by atoms with Gasteiger partial charge >= 0.3 is 6.03 Å². The third-order valence-electron chi connectivity index (χ3n) is 4.37. The maximum absolute atomic E-state index is 12.8. The van der Waals surface area contributed by atoms with Crippen LogP contribution in [0, 0.1) is 10.1 Å². The number of hydrazone groups is 1. The van der Waals surface area contributed by atoms with Crippen molar-refractivity contribution < 1.29 is 24.4 Å². The van der Waals surface area contributed by atoms with Crippen LogP contribution in [-0.2, 0) is 10.3 Å². The number of ether oxygens (including phenoxy) is 1. The number of nitro benzene ring substituents is 1. The molecule has 1 saturated heterocycles. The molecule has 0 bridgehead atoms. The van der Waals surface area contributed by atoms with E-state index in [0.29, 0.717) is 16.3 Å². The van der Waals surface area contributed by atoms with Crippen molar-refractivity contribution in [2.24, 2.45) is 5.10 Å². The minimum absolute atomic E-state index is 0.00662. The molecular weight excluding hydrogens is 368 g/mol. The van der Waals surface area contributed by atoms with E-state index in [4.69, 9.17) is 4.74 Å². The van der Waals surface area contributed by atoms with E-state index < -0.39 is 22.4 Å². The Labute approximate surface area is 159 Å². The van der Waals surface area contributed by atoms with Crippen molar-refractivity contribution in [1.29, 1.82) is 0 Å². The first-order valence-electron chi connectivity index (χ1n) is 8.09. The number of non-ortho nitro benzene ring substituents is 1. The van der Waals surface area contributed by atoms with Crippen LogP contribution in [-0.4, -0.2) is 40.3 Å². The summed E-state index contributed by atoms with van der Waals surface area (Å²) in [5.74, 6) is -0.316. The van der Waals surface area contributed by atoms with Crippen molar-refractivity contribution >= 4 is 23.8 Å². The highest BCUT2D eigenvalue weighted by molar-refractivity contribution is 6.07. The molecule has 10 heteroatoms. The molecule has 0 spiro atoms. The van der Waals surface area contributed by atoms with E-state index in [-0.39, 0.29) is 17.0 Å². The molecule has 2 aromatic rings. The van der Waals surface area contributed by atoms with E-state index in [1.165, 1.54) is 14.0 Å². The Morgan fingerprint density at radius 1 is 1.25 bits per heavy atom. The molecule has 1 fully saturated rings. The number of aromatic hydroxyl groups is 1. The molecular formula is C18H16N4O6. The van der Waals surface area contributed by atoms with Crippen LogP contribution < -0.4 is 10.1 Å². The van der Waals surface area contributed by atoms with Crippen molar-refractivity contribution in [3.63, 3.8) is 0 Å². The van der Waals surface area contributed by atoms with Gasteiger partial charge in [-0.15, -0.1) is 5.01 Å². The standard InChI is InChI=1S/C18H16N4O6/c1-18(12-3-6-14(28-2)7-4-12)16(24)21(17(25)20-18)19-10-11-9-13(22(26)27)5-8-15(11)23/h3-10,23H,1-2H3,(H,20,25)/b19-10+/t18-/m0/s1. The third kappa shape index (κ3) is 3.22. The second-order valence-corrected chi connectivity index (χ2v) is 6.15. The fourth-order valence-electron chi connectivity index (χ4n) is 2.73. The largest absolute Gasteiger partial charge is 0.507 e. The van der Waals surface area contributed by atoms with Gasteiger partial charge in [-0.25, -0.2) is 4.79 Å². The van der Waals surface area contributed by atoms with Crippen LogP contribution >= 0.6 is 0 Å². The minimum atomic E-state index is -1.34. The Kier molecular flexibility index (Phi) is 4.70. The lowest BCUT2D eigenvalue weighted by Crippen LogP contribution is -2.40. The van der Waals surface area contributed by atoms with Crippen LogP contribution in [0.5, 0.6) is 11.5 Å². The van der Waals surface area contributed by atoms with Gasteiger partial charge < -0.3 is 15.2 Å². The second-order valence-electron chi connectivity index (χ2n) is 6.15. The molecule has 0 radical (unpaired) electrons. The fraction of sp³-hybridized carbons (Fsp3) is 0.167. The van der Waals surface area contributed by atoms with E-state index in [9.17, 15) is 24.8 Å². The zero-order valence-electron chi connectivity index (χ0n) is 14.9. The van der Waals surface area contributed by atoms with Crippen molar-refractivity contribution in [2.75, 3.05) is 7.11 Å². The van der Waals surface area contributed by atoms with Crippen molar-refractivity contribution in [2.45, 2.75) is 12.5 Å². The maximum atomic E-state index is 12.8. The second kappa shape index (κ2) is 6.99. The number of hydrogen-bond donors (Lipinski definition) is 2. The highest BCUT2D eigenvalue weighted by atomic mass is 16.6. The predicted octanol–water partition coefficient (Wildman–Crippen LogP) is 2.11. The van der Waals surface area contributed by atoms with Gasteiger partial charge in [0.2, 0.25) is 0 Å². The number of benzene rings is 2. The summed E-state index contributed by atoms with van der Waals surface area (Å²) < 4.78 is 5.08. The van der Waals surface area contributed by atoms with Gasteiger partial charge in [-0.3, -0.25) is 14.9 Å². The molecule has 2 aromatic carbocycles. The predicted molar refractivity (Wildman–Crippen MR) is 98.1 cm³/mol. The van der Waals surface area contributed by atoms with Crippen LogP contribution in [0.2, 0.25) is 0 Å². The molecule has 1 atom stereocenters. The molecule has 1 aliphatic heterocycles. The van der Waals surface area contributed by atoms with Gasteiger partial charge in [0.1, 0.15) is 17.0 Å². The number of nitro groups is 1. The monoisotopic (exact) mass is 384 g/mol. The number of phenolic OH excluding ortho intramolecular Hbond substituents is 1. The smallest absolute Gasteiger partial charge is 0.346 e. The summed E-state index contributed by atoms with van der Waals surface area (Å²) in [6, 6.07) is 9.20. The van der Waals surface area contributed by atoms with Gasteiger partial charge in [0.05, 0.1) is 18.2 Å². The lowest BCUT2D eigenvalue weighted by atomic mass is 9.92. The first-order valence-corrected chi connectivity index (χ1v) is 8.09. The molecule has 1 aliphatic rings. The quantitative estimate of drug-likeness (QED) is 0.351. The Morgan fingerprint density at radius 2 is 1.93 bits per heavy atom. The highest BCUT2D eigenvalue weighted by Gasteiger charge is 2.49. The Bertz CT molecular complexity index is 988. The maximum Gasteiger partial charge on any atom is 0.346 e. The molecule has 2 N–H and O–H groups in total. The summed E-state index contributed by atoms with van der Waals surface area (Å²) in [6.07, 6.45) is 1.01. The highest BCUT2D eigenvalue weighted by Crippen LogP contribution is 2.30. The zero-order valence-corrected chi connectivity index (χ0v) is 14.9. The number of hydrogen-bond acceptors (Lipinski definition) is 7. The number of phenols is 1. The lowest BCUT2D eigenvalue weighted by molar-refractivity contribution is -0.384. The number of rotatable bonds is 5. The number of nitrogens with one attached hydrogen (secondary N) is 1. The summed E-state index contributed by atoms with van der Waals surface area (Å²) in [4.78, 5) is 35.3. The Hall–Kier alpha value is -3.95. The van der Waals surface area contributed by atoms with Crippen molar-refractivity contribution in [1.82, 2.24) is 10.3 Å². The minimum Gasteiger partial charge on any atom is -0.507 e. The summed E-state index contributed by atoms with van der Waals surface area (Å²) in [5, 5.41) is 27.7. The summed E-state index contributed by atoms with van der Waals surface area (Å²) in [7, 11) is 1.51. The number of methoxy groups -OCH3 is 1. The molecule has 0 aromatic heterocycles. The number of imide groups is 1. The van der Waals surface area contributed by atoms with Crippen molar-refractivity contribution in [3.05, 3.63) is 63.7 Å². The van der Waals surface area contributed by atoms with Crippen LogP contribution in [0.1, 0.15) is 18.1 Å². The van der Waals surface area contributed by atoms with E-state index in [2.05, 4.69) is 10.4 Å². The zero-order chi connectivity index (χ0) is 20.5. The third-order valence-corrected chi connectivity index (χ3v) is 4.37. The SMILES string of the molecule is COc1ccc([C@]2(C)NC(=O)N(/N=C/c3cc([N+](=O)[O-])ccc3O)C2=O)cc1. The molecule has 10 nitrogen and oxygen atoms in total. The number of nitrogens with zero attached hydrogens (tertiary/aromatic N) is 3. The molecule has 1 heterocycles. The topological polar surface area (TPSA) is 134 Å². The number of amides is 3. The van der Waals surface area contributed by atoms with E-state index in [1.807, 2.05) is 0 Å². The number of carbonyl (C=O) groups is 2. The van der Waals surface area contributed by atoms with E-state index in [0.717, 1.165) is 24.4 Å². The van der Waals surface area contributed by atoms with Gasteiger partial charge in [-0.05, 0) is 30.7 Å². The first-order chi connectivity index (χ1) is 13.3. The van der Waals surface area contributed by atoms with Gasteiger partial charge in [-0.2, -0.15) is 5.10 Å². The van der Waals surface area contributed by atoms with Crippen molar-refractivity contribution in [3.8, 4) is 11.5 Å². The molecule has 0 saturated carbocycles. The first kappa shape index (κ1) is 18.8. The van der Waals surface area contributed by atoms with Gasteiger partial charge in [0.25, 0.3) is 11.6 Å². The lowest BCUT2D eigenvalue weighted by Gasteiger charge is -2.21. The molecule has 3 amide bonds. The van der Waals surface area contributed by atoms with Gasteiger partial charge in [0, 0.05) is 17.7 Å². The molecule has 3 rings (SSSR count). The van der Waals surface area contributed by atoms with E-state index in [1.54, 1.807) is 24.3 Å². The Balaban J connectivity index is 1.89. The summed E-state index contributed by atoms with van der Waals surface area (Å²) >= 11 is 0. The Morgan fingerprint density at radius 3 is 2.54 bits per heavy atom. The average molecular weight is 384 g/mol. The average Bonchev–Trinajstić information content (AvgIpc) is 2.90. The van der Waals surface area contributed by atoms with Crippen LogP contribution in [0.4, 0.5) is 10.5 Å². The summed E-state index contributed by atoms with van der Waals surface area (Å²) in [6.45, 7) is 1.54. The van der Waals surface area contributed by atoms with Crippen LogP contribution in [0.25, 0.3) is 0 Å². The number of carbonyl (C=O) groups excluding carboxylic acids is 2. The van der Waals surface area contributed by atoms with E-state index >= 15 is 0 Å². The van der Waals surface area contributed by atoms with Gasteiger partial charge in [0.15, 0.2) is 0 Å².